The van der Waals surface area contributed by atoms with Gasteiger partial charge in [-0.1, -0.05) is 33.1 Å². The summed E-state index contributed by atoms with van der Waals surface area (Å²) in [5.41, 5.74) is 5.57. The quantitative estimate of drug-likeness (QED) is 0.660. The van der Waals surface area contributed by atoms with E-state index in [0.29, 0.717) is 13.1 Å². The maximum atomic E-state index is 12.4. The van der Waals surface area contributed by atoms with Gasteiger partial charge in [-0.15, -0.1) is 0 Å². The summed E-state index contributed by atoms with van der Waals surface area (Å²) in [6, 6.07) is 0. The fraction of sp³-hybridized carbons (Fsp3) is 0.933. The van der Waals surface area contributed by atoms with Crippen molar-refractivity contribution in [2.45, 2.75) is 58.8 Å². The fourth-order valence-electron chi connectivity index (χ4n) is 2.91. The summed E-state index contributed by atoms with van der Waals surface area (Å²) in [5.74, 6) is 0.131. The number of aliphatic hydroxyl groups excluding tert-OH is 1. The van der Waals surface area contributed by atoms with Gasteiger partial charge in [-0.25, -0.2) is 0 Å². The van der Waals surface area contributed by atoms with Gasteiger partial charge in [0, 0.05) is 19.7 Å². The van der Waals surface area contributed by atoms with Crippen molar-refractivity contribution in [1.82, 2.24) is 5.32 Å². The van der Waals surface area contributed by atoms with Crippen molar-refractivity contribution in [2.24, 2.45) is 16.6 Å². The van der Waals surface area contributed by atoms with Crippen LogP contribution in [0.3, 0.4) is 0 Å². The number of carbonyl (C=O) groups excluding carboxylic acids is 1. The molecule has 112 valence electrons. The molecule has 1 saturated carbocycles. The standard InChI is InChI=1S/C15H30N2O2/c1-14(2,7-6-10-18)12-17-13(19)15(11-16)8-4-3-5-9-15/h18H,3-12,16H2,1-2H3,(H,17,19). The lowest BCUT2D eigenvalue weighted by atomic mass is 9.73. The first-order valence-corrected chi connectivity index (χ1v) is 7.55. The Morgan fingerprint density at radius 2 is 1.95 bits per heavy atom. The summed E-state index contributed by atoms with van der Waals surface area (Å²) in [5, 5.41) is 12.0. The molecule has 0 saturated heterocycles. The molecule has 4 nitrogen and oxygen atoms in total. The maximum Gasteiger partial charge on any atom is 0.227 e. The lowest BCUT2D eigenvalue weighted by Gasteiger charge is -2.36. The molecule has 4 N–H and O–H groups in total. The van der Waals surface area contributed by atoms with Gasteiger partial charge in [-0.2, -0.15) is 0 Å². The van der Waals surface area contributed by atoms with E-state index in [9.17, 15) is 4.79 Å². The lowest BCUT2D eigenvalue weighted by molar-refractivity contribution is -0.132. The van der Waals surface area contributed by atoms with Crippen LogP contribution in [0.25, 0.3) is 0 Å². The first kappa shape index (κ1) is 16.4. The van der Waals surface area contributed by atoms with Crippen LogP contribution in [0.2, 0.25) is 0 Å². The molecule has 0 bridgehead atoms. The van der Waals surface area contributed by atoms with Gasteiger partial charge < -0.3 is 16.2 Å². The van der Waals surface area contributed by atoms with E-state index in [1.54, 1.807) is 0 Å². The van der Waals surface area contributed by atoms with Crippen LogP contribution in [0.5, 0.6) is 0 Å². The third-order valence-corrected chi connectivity index (χ3v) is 4.42. The number of amides is 1. The highest BCUT2D eigenvalue weighted by atomic mass is 16.2. The summed E-state index contributed by atoms with van der Waals surface area (Å²) in [6.07, 6.45) is 6.98. The Morgan fingerprint density at radius 1 is 1.32 bits per heavy atom. The van der Waals surface area contributed by atoms with E-state index in [-0.39, 0.29) is 23.3 Å². The average molecular weight is 270 g/mol. The smallest absolute Gasteiger partial charge is 0.227 e. The first-order chi connectivity index (χ1) is 8.96. The van der Waals surface area contributed by atoms with Crippen molar-refractivity contribution in [1.29, 1.82) is 0 Å². The fourth-order valence-corrected chi connectivity index (χ4v) is 2.91. The summed E-state index contributed by atoms with van der Waals surface area (Å²) >= 11 is 0. The second-order valence-electron chi connectivity index (χ2n) is 6.72. The van der Waals surface area contributed by atoms with Crippen molar-refractivity contribution in [2.75, 3.05) is 19.7 Å². The second-order valence-corrected chi connectivity index (χ2v) is 6.72. The van der Waals surface area contributed by atoms with Crippen molar-refractivity contribution >= 4 is 5.91 Å². The largest absolute Gasteiger partial charge is 0.396 e. The Labute approximate surface area is 117 Å². The number of nitrogens with one attached hydrogen (secondary N) is 1. The summed E-state index contributed by atoms with van der Waals surface area (Å²) in [4.78, 5) is 12.4. The molecular formula is C15H30N2O2. The Bertz CT molecular complexity index is 284. The van der Waals surface area contributed by atoms with E-state index in [1.807, 2.05) is 0 Å². The van der Waals surface area contributed by atoms with Crippen LogP contribution in [0.4, 0.5) is 0 Å². The number of hydrogen-bond acceptors (Lipinski definition) is 3. The van der Waals surface area contributed by atoms with E-state index in [0.717, 1.165) is 38.5 Å². The lowest BCUT2D eigenvalue weighted by Crippen LogP contribution is -2.49. The van der Waals surface area contributed by atoms with Crippen LogP contribution in [0.15, 0.2) is 0 Å². The molecule has 0 heterocycles. The van der Waals surface area contributed by atoms with Gasteiger partial charge in [-0.05, 0) is 31.1 Å². The Hall–Kier alpha value is -0.610. The number of rotatable bonds is 7. The molecule has 0 unspecified atom stereocenters. The second kappa shape index (κ2) is 7.25. The molecule has 19 heavy (non-hydrogen) atoms. The van der Waals surface area contributed by atoms with Crippen LogP contribution >= 0.6 is 0 Å². The van der Waals surface area contributed by atoms with Gasteiger partial charge in [0.05, 0.1) is 5.41 Å². The van der Waals surface area contributed by atoms with Gasteiger partial charge in [0.1, 0.15) is 0 Å². The molecule has 1 amide bonds. The molecule has 0 atom stereocenters. The van der Waals surface area contributed by atoms with Gasteiger partial charge in [0.15, 0.2) is 0 Å². The highest BCUT2D eigenvalue weighted by molar-refractivity contribution is 5.83. The molecule has 0 aliphatic heterocycles. The molecule has 1 rings (SSSR count). The first-order valence-electron chi connectivity index (χ1n) is 7.55. The number of hydrogen-bond donors (Lipinski definition) is 3. The van der Waals surface area contributed by atoms with Crippen molar-refractivity contribution in [3.05, 3.63) is 0 Å². The van der Waals surface area contributed by atoms with Crippen LogP contribution < -0.4 is 11.1 Å². The molecule has 0 spiro atoms. The molecule has 1 fully saturated rings. The number of aliphatic hydroxyl groups is 1. The monoisotopic (exact) mass is 270 g/mol. The zero-order chi connectivity index (χ0) is 14.4. The van der Waals surface area contributed by atoms with Gasteiger partial charge >= 0.3 is 0 Å². The third-order valence-electron chi connectivity index (χ3n) is 4.42. The van der Waals surface area contributed by atoms with Crippen molar-refractivity contribution in [3.8, 4) is 0 Å². The number of carbonyl (C=O) groups is 1. The average Bonchev–Trinajstić information content (AvgIpc) is 2.43. The zero-order valence-electron chi connectivity index (χ0n) is 12.5. The SMILES string of the molecule is CC(C)(CCCO)CNC(=O)C1(CN)CCCCC1. The van der Waals surface area contributed by atoms with Crippen LogP contribution in [0, 0.1) is 10.8 Å². The topological polar surface area (TPSA) is 75.3 Å². The summed E-state index contributed by atoms with van der Waals surface area (Å²) in [7, 11) is 0. The Balaban J connectivity index is 2.48. The summed E-state index contributed by atoms with van der Waals surface area (Å²) < 4.78 is 0. The molecule has 0 aromatic heterocycles. The third kappa shape index (κ3) is 4.77. The Kier molecular flexibility index (Phi) is 6.27. The van der Waals surface area contributed by atoms with Crippen LogP contribution in [0.1, 0.15) is 58.8 Å². The van der Waals surface area contributed by atoms with E-state index in [1.165, 1.54) is 6.42 Å². The molecule has 1 aliphatic rings. The highest BCUT2D eigenvalue weighted by Gasteiger charge is 2.38. The zero-order valence-corrected chi connectivity index (χ0v) is 12.5. The highest BCUT2D eigenvalue weighted by Crippen LogP contribution is 2.35. The minimum atomic E-state index is -0.328. The molecule has 0 aromatic rings. The maximum absolute atomic E-state index is 12.4. The van der Waals surface area contributed by atoms with Gasteiger partial charge in [-0.3, -0.25) is 4.79 Å². The van der Waals surface area contributed by atoms with Crippen LogP contribution in [-0.2, 0) is 4.79 Å². The van der Waals surface area contributed by atoms with Crippen LogP contribution in [-0.4, -0.2) is 30.7 Å². The van der Waals surface area contributed by atoms with Crippen molar-refractivity contribution < 1.29 is 9.90 Å². The molecule has 1 aliphatic carbocycles. The molecule has 4 heteroatoms. The number of nitrogens with two attached hydrogens (primary N) is 1. The minimum Gasteiger partial charge on any atom is -0.396 e. The van der Waals surface area contributed by atoms with E-state index < -0.39 is 0 Å². The van der Waals surface area contributed by atoms with Crippen molar-refractivity contribution in [3.63, 3.8) is 0 Å². The van der Waals surface area contributed by atoms with E-state index in [4.69, 9.17) is 10.8 Å². The van der Waals surface area contributed by atoms with E-state index >= 15 is 0 Å². The molecular weight excluding hydrogens is 240 g/mol. The minimum absolute atomic E-state index is 0.0306. The molecule has 0 aromatic carbocycles. The normalized spacial score (nSPS) is 19.2. The van der Waals surface area contributed by atoms with Gasteiger partial charge in [0.2, 0.25) is 5.91 Å². The predicted molar refractivity (Wildman–Crippen MR) is 77.7 cm³/mol. The summed E-state index contributed by atoms with van der Waals surface area (Å²) in [6.45, 7) is 5.57. The predicted octanol–water partition coefficient (Wildman–Crippen LogP) is 1.81. The molecule has 0 radical (unpaired) electrons. The Morgan fingerprint density at radius 3 is 2.47 bits per heavy atom. The van der Waals surface area contributed by atoms with E-state index in [2.05, 4.69) is 19.2 Å². The van der Waals surface area contributed by atoms with Gasteiger partial charge in [0.25, 0.3) is 0 Å².